The molecule has 9 heteroatoms. The van der Waals surface area contributed by atoms with E-state index in [1.54, 1.807) is 7.05 Å². The molecule has 0 radical (unpaired) electrons. The van der Waals surface area contributed by atoms with Crippen molar-refractivity contribution < 1.29 is 9.59 Å². The maximum absolute atomic E-state index is 12.3. The SMILES string of the molecule is CNC(=O)CCCNC(=O)Cn1nc(-c2ccccc2)c2c(N)ncnc21. The molecular formula is C18H21N7O2. The van der Waals surface area contributed by atoms with Crippen molar-refractivity contribution in [2.45, 2.75) is 19.4 Å². The standard InChI is InChI=1S/C18H21N7O2/c1-20-13(26)8-5-9-21-14(27)10-25-18-15(17(19)22-11-23-18)16(24-25)12-6-3-2-4-7-12/h2-4,6-7,11H,5,8-10H2,1H3,(H,20,26)(H,21,27)(H2,19,22,23). The van der Waals surface area contributed by atoms with Crippen LogP contribution >= 0.6 is 0 Å². The van der Waals surface area contributed by atoms with Gasteiger partial charge in [-0.05, 0) is 6.42 Å². The molecule has 0 bridgehead atoms. The van der Waals surface area contributed by atoms with Crippen molar-refractivity contribution in [3.05, 3.63) is 36.7 Å². The number of benzene rings is 1. The minimum atomic E-state index is -0.215. The van der Waals surface area contributed by atoms with Gasteiger partial charge in [-0.3, -0.25) is 9.59 Å². The Balaban J connectivity index is 1.78. The molecule has 0 saturated carbocycles. The molecule has 0 fully saturated rings. The van der Waals surface area contributed by atoms with E-state index in [4.69, 9.17) is 5.73 Å². The highest BCUT2D eigenvalue weighted by Crippen LogP contribution is 2.29. The Labute approximate surface area is 156 Å². The van der Waals surface area contributed by atoms with Gasteiger partial charge in [-0.15, -0.1) is 0 Å². The molecule has 27 heavy (non-hydrogen) atoms. The summed E-state index contributed by atoms with van der Waals surface area (Å²) in [5, 5.41) is 10.5. The third kappa shape index (κ3) is 4.20. The number of carbonyl (C=O) groups is 2. The fourth-order valence-electron chi connectivity index (χ4n) is 2.73. The molecule has 3 rings (SSSR count). The van der Waals surface area contributed by atoms with Crippen LogP contribution in [-0.4, -0.2) is 45.2 Å². The minimum Gasteiger partial charge on any atom is -0.383 e. The second-order valence-electron chi connectivity index (χ2n) is 5.96. The van der Waals surface area contributed by atoms with Crippen LogP contribution in [-0.2, 0) is 16.1 Å². The largest absolute Gasteiger partial charge is 0.383 e. The molecule has 0 aliphatic rings. The summed E-state index contributed by atoms with van der Waals surface area (Å²) in [7, 11) is 1.58. The maximum atomic E-state index is 12.3. The number of nitrogens with zero attached hydrogens (tertiary/aromatic N) is 4. The highest BCUT2D eigenvalue weighted by Gasteiger charge is 2.18. The summed E-state index contributed by atoms with van der Waals surface area (Å²) in [6.07, 6.45) is 2.28. The molecule has 0 unspecified atom stereocenters. The predicted molar refractivity (Wildman–Crippen MR) is 101 cm³/mol. The van der Waals surface area contributed by atoms with Crippen LogP contribution in [0, 0.1) is 0 Å². The van der Waals surface area contributed by atoms with E-state index >= 15 is 0 Å². The number of amides is 2. The summed E-state index contributed by atoms with van der Waals surface area (Å²) in [6, 6.07) is 9.54. The van der Waals surface area contributed by atoms with Gasteiger partial charge in [-0.2, -0.15) is 5.10 Å². The first-order chi connectivity index (χ1) is 13.1. The van der Waals surface area contributed by atoms with Gasteiger partial charge >= 0.3 is 0 Å². The molecule has 4 N–H and O–H groups in total. The Kier molecular flexibility index (Phi) is 5.60. The van der Waals surface area contributed by atoms with Gasteiger partial charge in [0.15, 0.2) is 5.65 Å². The zero-order chi connectivity index (χ0) is 19.2. The second kappa shape index (κ2) is 8.26. The number of rotatable bonds is 7. The maximum Gasteiger partial charge on any atom is 0.241 e. The highest BCUT2D eigenvalue weighted by molar-refractivity contribution is 5.98. The van der Waals surface area contributed by atoms with Crippen LogP contribution in [0.5, 0.6) is 0 Å². The molecule has 1 aromatic carbocycles. The van der Waals surface area contributed by atoms with Gasteiger partial charge in [-0.25, -0.2) is 14.6 Å². The molecule has 0 saturated heterocycles. The third-order valence-electron chi connectivity index (χ3n) is 4.08. The van der Waals surface area contributed by atoms with Gasteiger partial charge in [0.05, 0.1) is 5.39 Å². The van der Waals surface area contributed by atoms with E-state index < -0.39 is 0 Å². The lowest BCUT2D eigenvalue weighted by atomic mass is 10.1. The molecule has 2 heterocycles. The Morgan fingerprint density at radius 2 is 1.93 bits per heavy atom. The topological polar surface area (TPSA) is 128 Å². The number of nitrogen functional groups attached to an aromatic ring is 1. The van der Waals surface area contributed by atoms with E-state index in [0.29, 0.717) is 41.9 Å². The Morgan fingerprint density at radius 1 is 1.15 bits per heavy atom. The lowest BCUT2D eigenvalue weighted by molar-refractivity contribution is -0.123. The number of nitrogens with one attached hydrogen (secondary N) is 2. The van der Waals surface area contributed by atoms with Crippen LogP contribution in [0.3, 0.4) is 0 Å². The first-order valence-corrected chi connectivity index (χ1v) is 8.60. The fraction of sp³-hybridized carbons (Fsp3) is 0.278. The second-order valence-corrected chi connectivity index (χ2v) is 5.96. The van der Waals surface area contributed by atoms with E-state index in [0.717, 1.165) is 5.56 Å². The van der Waals surface area contributed by atoms with Crippen LogP contribution in [0.25, 0.3) is 22.3 Å². The molecule has 0 aliphatic carbocycles. The van der Waals surface area contributed by atoms with Gasteiger partial charge in [-0.1, -0.05) is 30.3 Å². The van der Waals surface area contributed by atoms with Gasteiger partial charge < -0.3 is 16.4 Å². The summed E-state index contributed by atoms with van der Waals surface area (Å²) < 4.78 is 1.52. The van der Waals surface area contributed by atoms with Crippen molar-refractivity contribution >= 4 is 28.7 Å². The summed E-state index contributed by atoms with van der Waals surface area (Å²) >= 11 is 0. The number of anilines is 1. The molecule has 0 aliphatic heterocycles. The molecule has 3 aromatic rings. The lowest BCUT2D eigenvalue weighted by Crippen LogP contribution is -2.29. The van der Waals surface area contributed by atoms with E-state index in [2.05, 4.69) is 25.7 Å². The third-order valence-corrected chi connectivity index (χ3v) is 4.08. The Morgan fingerprint density at radius 3 is 2.67 bits per heavy atom. The monoisotopic (exact) mass is 367 g/mol. The van der Waals surface area contributed by atoms with Crippen molar-refractivity contribution in [1.29, 1.82) is 0 Å². The first-order valence-electron chi connectivity index (χ1n) is 8.60. The first kappa shape index (κ1) is 18.3. The van der Waals surface area contributed by atoms with Crippen molar-refractivity contribution in [2.75, 3.05) is 19.3 Å². The number of hydrogen-bond donors (Lipinski definition) is 3. The van der Waals surface area contributed by atoms with E-state index in [1.165, 1.54) is 11.0 Å². The van der Waals surface area contributed by atoms with Gasteiger partial charge in [0, 0.05) is 25.6 Å². The van der Waals surface area contributed by atoms with Gasteiger partial charge in [0.25, 0.3) is 0 Å². The van der Waals surface area contributed by atoms with Crippen LogP contribution in [0.2, 0.25) is 0 Å². The average Bonchev–Trinajstić information content (AvgIpc) is 3.05. The van der Waals surface area contributed by atoms with E-state index in [-0.39, 0.29) is 18.4 Å². The predicted octanol–water partition coefficient (Wildman–Crippen LogP) is 0.718. The van der Waals surface area contributed by atoms with Crippen LogP contribution in [0.15, 0.2) is 36.7 Å². The molecule has 9 nitrogen and oxygen atoms in total. The molecule has 0 spiro atoms. The van der Waals surface area contributed by atoms with Gasteiger partial charge in [0.1, 0.15) is 24.4 Å². The van der Waals surface area contributed by atoms with Crippen molar-refractivity contribution in [3.8, 4) is 11.3 Å². The number of carbonyl (C=O) groups excluding carboxylic acids is 2. The molecule has 140 valence electrons. The minimum absolute atomic E-state index is 0.000237. The number of hydrogen-bond acceptors (Lipinski definition) is 6. The summed E-state index contributed by atoms with van der Waals surface area (Å²) in [5.41, 5.74) is 8.04. The number of nitrogens with two attached hydrogens (primary N) is 1. The van der Waals surface area contributed by atoms with Crippen LogP contribution in [0.1, 0.15) is 12.8 Å². The van der Waals surface area contributed by atoms with Crippen molar-refractivity contribution in [3.63, 3.8) is 0 Å². The molecule has 2 amide bonds. The zero-order valence-electron chi connectivity index (χ0n) is 15.0. The zero-order valence-corrected chi connectivity index (χ0v) is 15.0. The lowest BCUT2D eigenvalue weighted by Gasteiger charge is -2.05. The normalized spacial score (nSPS) is 10.7. The van der Waals surface area contributed by atoms with Crippen molar-refractivity contribution in [2.24, 2.45) is 0 Å². The molecule has 0 atom stereocenters. The summed E-state index contributed by atoms with van der Waals surface area (Å²) in [4.78, 5) is 31.7. The molecular weight excluding hydrogens is 346 g/mol. The Hall–Kier alpha value is -3.49. The van der Waals surface area contributed by atoms with Crippen LogP contribution < -0.4 is 16.4 Å². The average molecular weight is 367 g/mol. The van der Waals surface area contributed by atoms with Crippen LogP contribution in [0.4, 0.5) is 5.82 Å². The number of aromatic nitrogens is 4. The number of fused-ring (bicyclic) bond motifs is 1. The van der Waals surface area contributed by atoms with E-state index in [9.17, 15) is 9.59 Å². The smallest absolute Gasteiger partial charge is 0.241 e. The summed E-state index contributed by atoms with van der Waals surface area (Å²) in [6.45, 7) is 0.411. The quantitative estimate of drug-likeness (QED) is 0.528. The van der Waals surface area contributed by atoms with E-state index in [1.807, 2.05) is 30.3 Å². The highest BCUT2D eigenvalue weighted by atomic mass is 16.2. The fourth-order valence-corrected chi connectivity index (χ4v) is 2.73. The van der Waals surface area contributed by atoms with Crippen molar-refractivity contribution in [1.82, 2.24) is 30.4 Å². The molecule has 2 aromatic heterocycles. The Bertz CT molecular complexity index is 953. The van der Waals surface area contributed by atoms with Gasteiger partial charge in [0.2, 0.25) is 11.8 Å². The summed E-state index contributed by atoms with van der Waals surface area (Å²) in [5.74, 6) is 0.0474.